The Bertz CT molecular complexity index is 708. The third-order valence-electron chi connectivity index (χ3n) is 3.58. The highest BCUT2D eigenvalue weighted by Crippen LogP contribution is 2.47. The van der Waals surface area contributed by atoms with E-state index in [1.165, 1.54) is 33.4 Å². The molecule has 0 heterocycles. The normalized spacial score (nSPS) is 11.3. The van der Waals surface area contributed by atoms with Crippen molar-refractivity contribution in [3.63, 3.8) is 0 Å². The molecule has 0 amide bonds. The summed E-state index contributed by atoms with van der Waals surface area (Å²) in [5, 5.41) is 0. The molecular formula is C18H11. The smallest absolute Gasteiger partial charge is 0.00928 e. The lowest BCUT2D eigenvalue weighted by molar-refractivity contribution is 1.51. The molecule has 4 rings (SSSR count). The first-order valence-electron chi connectivity index (χ1n) is 6.14. The lowest BCUT2D eigenvalue weighted by Gasteiger charge is -2.24. The molecular weight excluding hydrogens is 216 g/mol. The molecule has 0 saturated carbocycles. The van der Waals surface area contributed by atoms with Crippen LogP contribution in [0.4, 0.5) is 0 Å². The fourth-order valence-electron chi connectivity index (χ4n) is 2.65. The number of rotatable bonds is 1. The highest BCUT2D eigenvalue weighted by molar-refractivity contribution is 6.03. The Morgan fingerprint density at radius 1 is 0.556 bits per heavy atom. The summed E-state index contributed by atoms with van der Waals surface area (Å²) in [5.41, 5.74) is 8.02. The van der Waals surface area contributed by atoms with Gasteiger partial charge in [-0.3, -0.25) is 0 Å². The molecule has 0 atom stereocenters. The molecule has 0 saturated heterocycles. The van der Waals surface area contributed by atoms with Crippen LogP contribution in [0.15, 0.2) is 66.7 Å². The maximum absolute atomic E-state index is 3.06. The first-order chi connectivity index (χ1) is 8.93. The van der Waals surface area contributed by atoms with Crippen molar-refractivity contribution in [2.75, 3.05) is 0 Å². The molecule has 0 unspecified atom stereocenters. The minimum absolute atomic E-state index is 1.25. The number of benzene rings is 3. The van der Waals surface area contributed by atoms with Gasteiger partial charge in [0.2, 0.25) is 0 Å². The van der Waals surface area contributed by atoms with Gasteiger partial charge in [0, 0.05) is 0 Å². The zero-order valence-electron chi connectivity index (χ0n) is 9.85. The van der Waals surface area contributed by atoms with Crippen molar-refractivity contribution in [3.8, 4) is 33.4 Å². The zero-order chi connectivity index (χ0) is 11.9. The van der Waals surface area contributed by atoms with Crippen molar-refractivity contribution in [2.45, 2.75) is 0 Å². The van der Waals surface area contributed by atoms with Crippen LogP contribution in [0.5, 0.6) is 0 Å². The Morgan fingerprint density at radius 2 is 1.22 bits per heavy atom. The fourth-order valence-corrected chi connectivity index (χ4v) is 2.65. The lowest BCUT2D eigenvalue weighted by Crippen LogP contribution is -1.98. The molecule has 0 aromatic heterocycles. The Morgan fingerprint density at radius 3 is 2.00 bits per heavy atom. The van der Waals surface area contributed by atoms with Crippen LogP contribution in [0.25, 0.3) is 33.4 Å². The molecule has 0 nitrogen and oxygen atoms in total. The van der Waals surface area contributed by atoms with E-state index in [4.69, 9.17) is 0 Å². The molecule has 1 radical (unpaired) electrons. The van der Waals surface area contributed by atoms with Gasteiger partial charge in [-0.2, -0.15) is 0 Å². The highest BCUT2D eigenvalue weighted by Gasteiger charge is 2.21. The Balaban J connectivity index is 1.86. The van der Waals surface area contributed by atoms with Gasteiger partial charge >= 0.3 is 0 Å². The predicted molar refractivity (Wildman–Crippen MR) is 75.1 cm³/mol. The highest BCUT2D eigenvalue weighted by atomic mass is 14.2. The molecule has 1 aliphatic rings. The monoisotopic (exact) mass is 227 g/mol. The molecule has 18 heavy (non-hydrogen) atoms. The van der Waals surface area contributed by atoms with E-state index >= 15 is 0 Å². The van der Waals surface area contributed by atoms with Gasteiger partial charge < -0.3 is 0 Å². The summed E-state index contributed by atoms with van der Waals surface area (Å²) in [5.74, 6) is 0. The van der Waals surface area contributed by atoms with Crippen LogP contribution >= 0.6 is 0 Å². The van der Waals surface area contributed by atoms with Crippen molar-refractivity contribution in [2.24, 2.45) is 0 Å². The van der Waals surface area contributed by atoms with E-state index in [-0.39, 0.29) is 0 Å². The van der Waals surface area contributed by atoms with Crippen LogP contribution in [0.2, 0.25) is 0 Å². The minimum atomic E-state index is 1.25. The van der Waals surface area contributed by atoms with Crippen molar-refractivity contribution in [1.82, 2.24) is 0 Å². The standard InChI is InChI=1S/C18H11/c1-2-6-13(7-3-1)14-10-11-17-15-8-4-5-9-16(15)18(17)12-14/h2-12H. The summed E-state index contributed by atoms with van der Waals surface area (Å²) in [6, 6.07) is 26.5. The fraction of sp³-hybridized carbons (Fsp3) is 0. The average Bonchev–Trinajstić information content (AvgIpc) is 2.45. The average molecular weight is 227 g/mol. The minimum Gasteiger partial charge on any atom is -0.0616 e. The molecule has 3 aromatic carbocycles. The van der Waals surface area contributed by atoms with Gasteiger partial charge in [-0.25, -0.2) is 0 Å². The first-order valence-corrected chi connectivity index (χ1v) is 6.14. The van der Waals surface area contributed by atoms with E-state index in [0.717, 1.165) is 0 Å². The summed E-state index contributed by atoms with van der Waals surface area (Å²) in [6.45, 7) is 0. The van der Waals surface area contributed by atoms with Crippen molar-refractivity contribution < 1.29 is 0 Å². The quantitative estimate of drug-likeness (QED) is 0.438. The molecule has 0 fully saturated rings. The van der Waals surface area contributed by atoms with Gasteiger partial charge in [-0.1, -0.05) is 60.7 Å². The van der Waals surface area contributed by atoms with Crippen LogP contribution in [0.3, 0.4) is 0 Å². The molecule has 83 valence electrons. The van der Waals surface area contributed by atoms with Gasteiger partial charge in [-0.15, -0.1) is 0 Å². The van der Waals surface area contributed by atoms with Gasteiger partial charge in [0.1, 0.15) is 0 Å². The van der Waals surface area contributed by atoms with E-state index in [2.05, 4.69) is 60.7 Å². The van der Waals surface area contributed by atoms with Crippen LogP contribution < -0.4 is 0 Å². The molecule has 1 aliphatic carbocycles. The number of fused-ring (bicyclic) bond motifs is 4. The summed E-state index contributed by atoms with van der Waals surface area (Å²) in [6.07, 6.45) is 0. The topological polar surface area (TPSA) is 0 Å². The summed E-state index contributed by atoms with van der Waals surface area (Å²) in [7, 11) is 0. The maximum atomic E-state index is 3.06. The van der Waals surface area contributed by atoms with Crippen LogP contribution in [0.1, 0.15) is 0 Å². The van der Waals surface area contributed by atoms with Crippen molar-refractivity contribution in [1.29, 1.82) is 0 Å². The van der Waals surface area contributed by atoms with Crippen LogP contribution in [0, 0.1) is 6.07 Å². The predicted octanol–water partition coefficient (Wildman–Crippen LogP) is 4.80. The molecule has 0 aliphatic heterocycles. The molecule has 0 heteroatoms. The van der Waals surface area contributed by atoms with Crippen molar-refractivity contribution >= 4 is 0 Å². The zero-order valence-corrected chi connectivity index (χ0v) is 9.85. The third kappa shape index (κ3) is 1.26. The molecule has 3 aromatic rings. The molecule has 0 spiro atoms. The summed E-state index contributed by atoms with van der Waals surface area (Å²) < 4.78 is 0. The second kappa shape index (κ2) is 3.58. The second-order valence-electron chi connectivity index (χ2n) is 4.59. The van der Waals surface area contributed by atoms with E-state index in [1.54, 1.807) is 0 Å². The van der Waals surface area contributed by atoms with Gasteiger partial charge in [-0.05, 0) is 45.5 Å². The van der Waals surface area contributed by atoms with E-state index in [9.17, 15) is 0 Å². The van der Waals surface area contributed by atoms with Gasteiger partial charge in [0.25, 0.3) is 0 Å². The first kappa shape index (κ1) is 9.67. The number of hydrogen-bond acceptors (Lipinski definition) is 0. The lowest BCUT2D eigenvalue weighted by atomic mass is 9.79. The SMILES string of the molecule is [c]1ccc(-c2ccc3c(c2)-c2ccccc2-3)cc1. The van der Waals surface area contributed by atoms with E-state index in [0.29, 0.717) is 0 Å². The molecule has 0 N–H and O–H groups in total. The Labute approximate surface area is 107 Å². The summed E-state index contributed by atoms with van der Waals surface area (Å²) in [4.78, 5) is 0. The van der Waals surface area contributed by atoms with E-state index in [1.807, 2.05) is 12.1 Å². The maximum Gasteiger partial charge on any atom is -0.00928 e. The van der Waals surface area contributed by atoms with Gasteiger partial charge in [0.05, 0.1) is 0 Å². The second-order valence-corrected chi connectivity index (χ2v) is 4.59. The number of hydrogen-bond donors (Lipinski definition) is 0. The van der Waals surface area contributed by atoms with E-state index < -0.39 is 0 Å². The van der Waals surface area contributed by atoms with Crippen LogP contribution in [-0.2, 0) is 0 Å². The molecule has 0 bridgehead atoms. The summed E-state index contributed by atoms with van der Waals surface area (Å²) >= 11 is 0. The van der Waals surface area contributed by atoms with Crippen LogP contribution in [-0.4, -0.2) is 0 Å². The van der Waals surface area contributed by atoms with Gasteiger partial charge in [0.15, 0.2) is 0 Å². The van der Waals surface area contributed by atoms with Crippen molar-refractivity contribution in [3.05, 3.63) is 72.8 Å². The Kier molecular flexibility index (Phi) is 1.92. The third-order valence-corrected chi connectivity index (χ3v) is 3.58. The largest absolute Gasteiger partial charge is 0.0616 e. The Hall–Kier alpha value is -2.34.